The zero-order valence-corrected chi connectivity index (χ0v) is 17.7. The van der Waals surface area contributed by atoms with E-state index in [0.717, 1.165) is 0 Å². The molecule has 0 aromatic heterocycles. The number of methoxy groups -OCH3 is 2. The molecule has 2 aliphatic rings. The average Bonchev–Trinajstić information content (AvgIpc) is 3.42. The number of hydrogen-bond acceptors (Lipinski definition) is 8. The van der Waals surface area contributed by atoms with Gasteiger partial charge in [0.2, 0.25) is 12.6 Å². The van der Waals surface area contributed by atoms with E-state index in [-0.39, 0.29) is 24.1 Å². The zero-order chi connectivity index (χ0) is 22.9. The van der Waals surface area contributed by atoms with Crippen LogP contribution in [0, 0.1) is 0 Å². The maximum atomic E-state index is 12.8. The van der Waals surface area contributed by atoms with E-state index in [1.807, 2.05) is 0 Å². The number of fused-ring (bicyclic) bond motifs is 2. The van der Waals surface area contributed by atoms with Gasteiger partial charge in [-0.25, -0.2) is 4.79 Å². The predicted molar refractivity (Wildman–Crippen MR) is 116 cm³/mol. The number of Topliss-reactive ketones (excluding diaryl/α,β-unsaturated/α-hetero) is 1. The molecule has 33 heavy (non-hydrogen) atoms. The number of esters is 1. The van der Waals surface area contributed by atoms with Crippen LogP contribution in [0.2, 0.25) is 0 Å². The molecule has 2 aliphatic heterocycles. The van der Waals surface area contributed by atoms with Gasteiger partial charge in [-0.05, 0) is 54.6 Å². The fourth-order valence-electron chi connectivity index (χ4n) is 3.51. The lowest BCUT2D eigenvalue weighted by atomic mass is 10.1. The van der Waals surface area contributed by atoms with Crippen molar-refractivity contribution >= 4 is 17.8 Å². The van der Waals surface area contributed by atoms with Crippen LogP contribution in [0.1, 0.15) is 26.3 Å². The second-order valence-electron chi connectivity index (χ2n) is 7.16. The Labute approximate surface area is 188 Å². The van der Waals surface area contributed by atoms with Gasteiger partial charge in [0, 0.05) is 11.6 Å². The summed E-state index contributed by atoms with van der Waals surface area (Å²) in [5.41, 5.74) is 1.30. The Morgan fingerprint density at radius 3 is 2.52 bits per heavy atom. The smallest absolute Gasteiger partial charge is 0.343 e. The quantitative estimate of drug-likeness (QED) is 0.326. The molecule has 0 amide bonds. The SMILES string of the molecule is COc1ccc(OC)c(/C=C2\Oc3cc(OC(=O)c4ccc5c(c4)OCO5)ccc3C2=O)c1. The summed E-state index contributed by atoms with van der Waals surface area (Å²) >= 11 is 0. The van der Waals surface area contributed by atoms with Crippen LogP contribution < -0.4 is 28.4 Å². The summed E-state index contributed by atoms with van der Waals surface area (Å²) in [6.45, 7) is 0.113. The fraction of sp³-hybridized carbons (Fsp3) is 0.120. The zero-order valence-electron chi connectivity index (χ0n) is 17.7. The molecule has 0 fully saturated rings. The van der Waals surface area contributed by atoms with Crippen LogP contribution in [-0.2, 0) is 0 Å². The Morgan fingerprint density at radius 2 is 1.70 bits per heavy atom. The summed E-state index contributed by atoms with van der Waals surface area (Å²) in [7, 11) is 3.09. The highest BCUT2D eigenvalue weighted by Crippen LogP contribution is 2.37. The normalized spacial score (nSPS) is 14.6. The summed E-state index contributed by atoms with van der Waals surface area (Å²) in [6.07, 6.45) is 1.59. The van der Waals surface area contributed by atoms with Crippen LogP contribution in [0.3, 0.4) is 0 Å². The standard InChI is InChI=1S/C25H18O8/c1-28-16-5-8-19(29-2)15(9-16)11-23-24(26)18-6-4-17(12-21(18)33-23)32-25(27)14-3-7-20-22(10-14)31-13-30-20/h3-12H,13H2,1-2H3/b23-11-. The third kappa shape index (κ3) is 3.82. The van der Waals surface area contributed by atoms with E-state index in [1.165, 1.54) is 13.2 Å². The Balaban J connectivity index is 1.37. The molecule has 3 aromatic rings. The van der Waals surface area contributed by atoms with E-state index in [1.54, 1.807) is 61.7 Å². The molecule has 0 bridgehead atoms. The molecule has 0 atom stereocenters. The monoisotopic (exact) mass is 446 g/mol. The van der Waals surface area contributed by atoms with Crippen molar-refractivity contribution in [2.45, 2.75) is 0 Å². The summed E-state index contributed by atoms with van der Waals surface area (Å²) in [5, 5.41) is 0. The van der Waals surface area contributed by atoms with E-state index in [4.69, 9.17) is 28.4 Å². The van der Waals surface area contributed by atoms with Gasteiger partial charge in [0.15, 0.2) is 17.3 Å². The van der Waals surface area contributed by atoms with Gasteiger partial charge in [-0.1, -0.05) is 0 Å². The van der Waals surface area contributed by atoms with Crippen molar-refractivity contribution < 1.29 is 38.0 Å². The number of hydrogen-bond donors (Lipinski definition) is 0. The number of ether oxygens (including phenoxy) is 6. The summed E-state index contributed by atoms with van der Waals surface area (Å²) < 4.78 is 32.4. The van der Waals surface area contributed by atoms with E-state index in [9.17, 15) is 9.59 Å². The minimum absolute atomic E-state index is 0.113. The van der Waals surface area contributed by atoms with Gasteiger partial charge in [0.05, 0.1) is 25.3 Å². The van der Waals surface area contributed by atoms with E-state index in [2.05, 4.69) is 0 Å². The van der Waals surface area contributed by atoms with Crippen molar-refractivity contribution in [3.8, 4) is 34.5 Å². The molecule has 3 aromatic carbocycles. The number of allylic oxidation sites excluding steroid dienone is 1. The molecule has 0 aliphatic carbocycles. The molecule has 2 heterocycles. The van der Waals surface area contributed by atoms with Gasteiger partial charge in [-0.3, -0.25) is 4.79 Å². The Kier molecular flexibility index (Phi) is 5.10. The molecule has 0 saturated carbocycles. The van der Waals surface area contributed by atoms with Crippen LogP contribution in [0.4, 0.5) is 0 Å². The highest BCUT2D eigenvalue weighted by molar-refractivity contribution is 6.14. The fourth-order valence-corrected chi connectivity index (χ4v) is 3.51. The molecule has 0 saturated heterocycles. The number of rotatable bonds is 5. The third-order valence-electron chi connectivity index (χ3n) is 5.18. The van der Waals surface area contributed by atoms with Gasteiger partial charge in [-0.2, -0.15) is 0 Å². The molecule has 0 N–H and O–H groups in total. The van der Waals surface area contributed by atoms with Crippen molar-refractivity contribution in [2.24, 2.45) is 0 Å². The Bertz CT molecular complexity index is 1310. The first kappa shape index (κ1) is 20.4. The maximum absolute atomic E-state index is 12.8. The Hall–Kier alpha value is -4.46. The largest absolute Gasteiger partial charge is 0.497 e. The van der Waals surface area contributed by atoms with Gasteiger partial charge >= 0.3 is 5.97 Å². The highest BCUT2D eigenvalue weighted by atomic mass is 16.7. The second-order valence-corrected chi connectivity index (χ2v) is 7.16. The van der Waals surface area contributed by atoms with Gasteiger partial charge in [0.25, 0.3) is 0 Å². The van der Waals surface area contributed by atoms with Gasteiger partial charge in [-0.15, -0.1) is 0 Å². The number of carbonyl (C=O) groups excluding carboxylic acids is 2. The molecular formula is C25H18O8. The molecule has 0 spiro atoms. The summed E-state index contributed by atoms with van der Waals surface area (Å²) in [6, 6.07) is 14.6. The van der Waals surface area contributed by atoms with Gasteiger partial charge in [0.1, 0.15) is 23.0 Å². The van der Waals surface area contributed by atoms with Gasteiger partial charge < -0.3 is 28.4 Å². The summed E-state index contributed by atoms with van der Waals surface area (Å²) in [5.74, 6) is 2.03. The first-order chi connectivity index (χ1) is 16.1. The van der Waals surface area contributed by atoms with Crippen LogP contribution in [0.25, 0.3) is 6.08 Å². The molecular weight excluding hydrogens is 428 g/mol. The van der Waals surface area contributed by atoms with Crippen LogP contribution in [0.5, 0.6) is 34.5 Å². The maximum Gasteiger partial charge on any atom is 0.343 e. The Morgan fingerprint density at radius 1 is 0.879 bits per heavy atom. The first-order valence-electron chi connectivity index (χ1n) is 9.98. The van der Waals surface area contributed by atoms with Crippen LogP contribution >= 0.6 is 0 Å². The molecule has 166 valence electrons. The highest BCUT2D eigenvalue weighted by Gasteiger charge is 2.28. The minimum Gasteiger partial charge on any atom is -0.497 e. The molecule has 0 unspecified atom stereocenters. The topological polar surface area (TPSA) is 89.5 Å². The lowest BCUT2D eigenvalue weighted by Crippen LogP contribution is -2.08. The second kappa shape index (κ2) is 8.23. The first-order valence-corrected chi connectivity index (χ1v) is 9.98. The number of ketones is 1. The lowest BCUT2D eigenvalue weighted by molar-refractivity contribution is 0.0734. The van der Waals surface area contributed by atoms with E-state index < -0.39 is 5.97 Å². The van der Waals surface area contributed by atoms with Crippen LogP contribution in [0.15, 0.2) is 60.4 Å². The molecule has 8 nitrogen and oxygen atoms in total. The minimum atomic E-state index is -0.575. The number of carbonyl (C=O) groups is 2. The summed E-state index contributed by atoms with van der Waals surface area (Å²) in [4.78, 5) is 25.4. The van der Waals surface area contributed by atoms with Crippen molar-refractivity contribution in [2.75, 3.05) is 21.0 Å². The number of benzene rings is 3. The molecule has 8 heteroatoms. The van der Waals surface area contributed by atoms with Crippen molar-refractivity contribution in [3.63, 3.8) is 0 Å². The van der Waals surface area contributed by atoms with Crippen LogP contribution in [-0.4, -0.2) is 32.8 Å². The van der Waals surface area contributed by atoms with Crippen molar-refractivity contribution in [3.05, 3.63) is 77.0 Å². The van der Waals surface area contributed by atoms with Crippen molar-refractivity contribution in [1.29, 1.82) is 0 Å². The van der Waals surface area contributed by atoms with E-state index in [0.29, 0.717) is 45.4 Å². The predicted octanol–water partition coefficient (Wildman–Crippen LogP) is 4.27. The average molecular weight is 446 g/mol. The van der Waals surface area contributed by atoms with Crippen molar-refractivity contribution in [1.82, 2.24) is 0 Å². The lowest BCUT2D eigenvalue weighted by Gasteiger charge is -2.08. The molecule has 5 rings (SSSR count). The molecule has 0 radical (unpaired) electrons. The third-order valence-corrected chi connectivity index (χ3v) is 5.18. The van der Waals surface area contributed by atoms with E-state index >= 15 is 0 Å².